The van der Waals surface area contributed by atoms with E-state index < -0.39 is 0 Å². The number of aromatic nitrogens is 2. The fourth-order valence-electron chi connectivity index (χ4n) is 2.82. The van der Waals surface area contributed by atoms with E-state index in [1.54, 1.807) is 36.7 Å². The number of pyridine rings is 2. The molecular formula is C22H21N5O. The number of rotatable bonds is 7. The number of benzene rings is 1. The van der Waals surface area contributed by atoms with Crippen LogP contribution < -0.4 is 10.2 Å². The second kappa shape index (κ2) is 9.28. The molecule has 1 aromatic carbocycles. The number of hydrogen-bond acceptors (Lipinski definition) is 5. The Morgan fingerprint density at radius 3 is 2.57 bits per heavy atom. The number of carbonyl (C=O) groups is 1. The molecule has 1 amide bonds. The van der Waals surface area contributed by atoms with Crippen molar-refractivity contribution in [2.75, 3.05) is 18.5 Å². The second-order valence-corrected chi connectivity index (χ2v) is 6.35. The number of anilines is 1. The Morgan fingerprint density at radius 1 is 1.07 bits per heavy atom. The zero-order chi connectivity index (χ0) is 19.8. The van der Waals surface area contributed by atoms with Crippen LogP contribution >= 0.6 is 0 Å². The van der Waals surface area contributed by atoms with E-state index in [0.717, 1.165) is 30.0 Å². The predicted octanol–water partition coefficient (Wildman–Crippen LogP) is 2.96. The summed E-state index contributed by atoms with van der Waals surface area (Å²) >= 11 is 0. The van der Waals surface area contributed by atoms with E-state index in [-0.39, 0.29) is 5.91 Å². The van der Waals surface area contributed by atoms with Crippen molar-refractivity contribution in [3.63, 3.8) is 0 Å². The van der Waals surface area contributed by atoms with Crippen LogP contribution in [-0.4, -0.2) is 29.5 Å². The SMILES string of the molecule is CN(CCc1ccccn1)c1ncccc1CNC(=O)c1ccc(C#N)cc1. The molecule has 2 heterocycles. The van der Waals surface area contributed by atoms with Gasteiger partial charge in [-0.1, -0.05) is 12.1 Å². The van der Waals surface area contributed by atoms with E-state index in [0.29, 0.717) is 17.7 Å². The Hall–Kier alpha value is -3.72. The molecule has 0 fully saturated rings. The maximum atomic E-state index is 12.4. The number of nitrogens with one attached hydrogen (secondary N) is 1. The Balaban J connectivity index is 1.62. The highest BCUT2D eigenvalue weighted by molar-refractivity contribution is 5.94. The van der Waals surface area contributed by atoms with Gasteiger partial charge in [-0.3, -0.25) is 9.78 Å². The average molecular weight is 371 g/mol. The first-order valence-electron chi connectivity index (χ1n) is 9.00. The fourth-order valence-corrected chi connectivity index (χ4v) is 2.82. The highest BCUT2D eigenvalue weighted by Crippen LogP contribution is 2.16. The molecule has 0 radical (unpaired) electrons. The molecule has 0 aliphatic rings. The van der Waals surface area contributed by atoms with Gasteiger partial charge in [0.05, 0.1) is 11.6 Å². The van der Waals surface area contributed by atoms with Crippen LogP contribution in [0.15, 0.2) is 67.0 Å². The van der Waals surface area contributed by atoms with Gasteiger partial charge in [-0.05, 0) is 42.5 Å². The standard InChI is InChI=1S/C22H21N5O/c1-27(14-11-20-6-2-3-12-24-20)21-19(5-4-13-25-21)16-26-22(28)18-9-7-17(15-23)8-10-18/h2-10,12-13H,11,14,16H2,1H3,(H,26,28). The van der Waals surface area contributed by atoms with E-state index in [4.69, 9.17) is 5.26 Å². The summed E-state index contributed by atoms with van der Waals surface area (Å²) in [5.41, 5.74) is 3.02. The number of amides is 1. The summed E-state index contributed by atoms with van der Waals surface area (Å²) in [5, 5.41) is 11.8. The minimum Gasteiger partial charge on any atom is -0.359 e. The minimum atomic E-state index is -0.185. The van der Waals surface area contributed by atoms with Crippen molar-refractivity contribution in [2.24, 2.45) is 0 Å². The molecule has 6 heteroatoms. The van der Waals surface area contributed by atoms with Crippen molar-refractivity contribution in [1.82, 2.24) is 15.3 Å². The quantitative estimate of drug-likeness (QED) is 0.690. The van der Waals surface area contributed by atoms with Crippen molar-refractivity contribution >= 4 is 11.7 Å². The Bertz CT molecular complexity index is 964. The lowest BCUT2D eigenvalue weighted by molar-refractivity contribution is 0.0951. The topological polar surface area (TPSA) is 81.9 Å². The molecule has 0 atom stereocenters. The van der Waals surface area contributed by atoms with Gasteiger partial charge < -0.3 is 10.2 Å². The summed E-state index contributed by atoms with van der Waals surface area (Å²) in [6.45, 7) is 1.14. The van der Waals surface area contributed by atoms with Gasteiger partial charge >= 0.3 is 0 Å². The van der Waals surface area contributed by atoms with E-state index in [9.17, 15) is 4.79 Å². The lowest BCUT2D eigenvalue weighted by Gasteiger charge is -2.21. The van der Waals surface area contributed by atoms with Crippen LogP contribution in [0.3, 0.4) is 0 Å². The van der Waals surface area contributed by atoms with Crippen LogP contribution in [0.2, 0.25) is 0 Å². The van der Waals surface area contributed by atoms with Crippen LogP contribution in [0.4, 0.5) is 5.82 Å². The summed E-state index contributed by atoms with van der Waals surface area (Å²) in [7, 11) is 1.98. The second-order valence-electron chi connectivity index (χ2n) is 6.35. The number of carbonyl (C=O) groups excluding carboxylic acids is 1. The molecule has 140 valence electrons. The van der Waals surface area contributed by atoms with Gasteiger partial charge in [0, 0.05) is 55.8 Å². The molecule has 0 spiro atoms. The van der Waals surface area contributed by atoms with Crippen molar-refractivity contribution in [3.8, 4) is 6.07 Å². The van der Waals surface area contributed by atoms with E-state index >= 15 is 0 Å². The smallest absolute Gasteiger partial charge is 0.251 e. The predicted molar refractivity (Wildman–Crippen MR) is 108 cm³/mol. The number of nitriles is 1. The number of likely N-dealkylation sites (N-methyl/N-ethyl adjacent to an activating group) is 1. The third kappa shape index (κ3) is 4.92. The fraction of sp³-hybridized carbons (Fsp3) is 0.182. The Morgan fingerprint density at radius 2 is 1.86 bits per heavy atom. The van der Waals surface area contributed by atoms with Gasteiger partial charge in [0.2, 0.25) is 0 Å². The van der Waals surface area contributed by atoms with Crippen LogP contribution in [0, 0.1) is 11.3 Å². The molecule has 6 nitrogen and oxygen atoms in total. The first-order chi connectivity index (χ1) is 13.7. The first-order valence-corrected chi connectivity index (χ1v) is 9.00. The number of nitrogens with zero attached hydrogens (tertiary/aromatic N) is 4. The average Bonchev–Trinajstić information content (AvgIpc) is 2.76. The summed E-state index contributed by atoms with van der Waals surface area (Å²) in [5.74, 6) is 0.647. The van der Waals surface area contributed by atoms with Crippen LogP contribution in [0.25, 0.3) is 0 Å². The van der Waals surface area contributed by atoms with Crippen LogP contribution in [-0.2, 0) is 13.0 Å². The summed E-state index contributed by atoms with van der Waals surface area (Å²) in [4.78, 5) is 23.3. The van der Waals surface area contributed by atoms with Gasteiger partial charge in [0.25, 0.3) is 5.91 Å². The molecule has 3 rings (SSSR count). The molecule has 0 aliphatic heterocycles. The summed E-state index contributed by atoms with van der Waals surface area (Å²) < 4.78 is 0. The minimum absolute atomic E-state index is 0.185. The first kappa shape index (κ1) is 19.1. The van der Waals surface area contributed by atoms with Gasteiger partial charge in [-0.25, -0.2) is 4.98 Å². The number of hydrogen-bond donors (Lipinski definition) is 1. The van der Waals surface area contributed by atoms with Gasteiger partial charge in [0.15, 0.2) is 0 Å². The largest absolute Gasteiger partial charge is 0.359 e. The Labute approximate surface area is 164 Å². The maximum Gasteiger partial charge on any atom is 0.251 e. The van der Waals surface area contributed by atoms with Crippen molar-refractivity contribution in [1.29, 1.82) is 5.26 Å². The molecule has 0 bridgehead atoms. The van der Waals surface area contributed by atoms with E-state index in [2.05, 4.69) is 20.2 Å². The molecule has 0 unspecified atom stereocenters. The Kier molecular flexibility index (Phi) is 6.32. The summed E-state index contributed by atoms with van der Waals surface area (Å²) in [6, 6.07) is 18.3. The van der Waals surface area contributed by atoms with E-state index in [1.165, 1.54) is 0 Å². The third-order valence-corrected chi connectivity index (χ3v) is 4.37. The van der Waals surface area contributed by atoms with Crippen molar-refractivity contribution in [3.05, 3.63) is 89.4 Å². The molecule has 0 saturated carbocycles. The van der Waals surface area contributed by atoms with Crippen LogP contribution in [0.1, 0.15) is 27.2 Å². The molecular weight excluding hydrogens is 350 g/mol. The maximum absolute atomic E-state index is 12.4. The molecule has 1 N–H and O–H groups in total. The van der Waals surface area contributed by atoms with Gasteiger partial charge in [-0.2, -0.15) is 5.26 Å². The lowest BCUT2D eigenvalue weighted by Crippen LogP contribution is -2.27. The molecule has 28 heavy (non-hydrogen) atoms. The van der Waals surface area contributed by atoms with E-state index in [1.807, 2.05) is 43.4 Å². The molecule has 0 aliphatic carbocycles. The highest BCUT2D eigenvalue weighted by Gasteiger charge is 2.11. The van der Waals surface area contributed by atoms with Crippen LogP contribution in [0.5, 0.6) is 0 Å². The molecule has 3 aromatic rings. The van der Waals surface area contributed by atoms with Crippen molar-refractivity contribution in [2.45, 2.75) is 13.0 Å². The molecule has 2 aromatic heterocycles. The van der Waals surface area contributed by atoms with Gasteiger partial charge in [-0.15, -0.1) is 0 Å². The lowest BCUT2D eigenvalue weighted by atomic mass is 10.1. The zero-order valence-electron chi connectivity index (χ0n) is 15.7. The molecule has 0 saturated heterocycles. The third-order valence-electron chi connectivity index (χ3n) is 4.37. The highest BCUT2D eigenvalue weighted by atomic mass is 16.1. The van der Waals surface area contributed by atoms with Gasteiger partial charge in [0.1, 0.15) is 5.82 Å². The van der Waals surface area contributed by atoms with Crippen molar-refractivity contribution < 1.29 is 4.79 Å². The normalized spacial score (nSPS) is 10.1. The summed E-state index contributed by atoms with van der Waals surface area (Å²) in [6.07, 6.45) is 4.35. The monoisotopic (exact) mass is 371 g/mol. The zero-order valence-corrected chi connectivity index (χ0v) is 15.7.